The minimum Gasteiger partial charge on any atom is -0.366 e. The van der Waals surface area contributed by atoms with E-state index in [-0.39, 0.29) is 5.54 Å². The van der Waals surface area contributed by atoms with Gasteiger partial charge in [0.1, 0.15) is 0 Å². The summed E-state index contributed by atoms with van der Waals surface area (Å²) in [5.74, 6) is 0.719. The molecule has 1 fully saturated rings. The van der Waals surface area contributed by atoms with Gasteiger partial charge in [-0.15, -0.1) is 0 Å². The Morgan fingerprint density at radius 1 is 1.39 bits per heavy atom. The highest BCUT2D eigenvalue weighted by molar-refractivity contribution is 5.51. The summed E-state index contributed by atoms with van der Waals surface area (Å²) in [7, 11) is 2.06. The van der Waals surface area contributed by atoms with E-state index in [1.165, 1.54) is 30.6 Å². The first-order valence-electron chi connectivity index (χ1n) is 7.04. The van der Waals surface area contributed by atoms with Gasteiger partial charge in [0.15, 0.2) is 0 Å². The third-order valence-electron chi connectivity index (χ3n) is 4.39. The molecular formula is C16H26N2. The Kier molecular flexibility index (Phi) is 3.96. The fourth-order valence-electron chi connectivity index (χ4n) is 3.21. The molecule has 2 nitrogen and oxygen atoms in total. The largest absolute Gasteiger partial charge is 0.366 e. The van der Waals surface area contributed by atoms with Gasteiger partial charge in [0, 0.05) is 17.8 Å². The van der Waals surface area contributed by atoms with Crippen LogP contribution in [-0.4, -0.2) is 25.7 Å². The summed E-state index contributed by atoms with van der Waals surface area (Å²) in [6, 6.07) is 8.90. The number of benzene rings is 1. The minimum absolute atomic E-state index is 0.231. The normalized spacial score (nSPS) is 23.1. The Bertz CT molecular complexity index is 396. The molecule has 1 aromatic carbocycles. The Hall–Kier alpha value is -1.02. The summed E-state index contributed by atoms with van der Waals surface area (Å²) in [5.41, 5.74) is 2.95. The van der Waals surface area contributed by atoms with Crippen molar-refractivity contribution in [3.8, 4) is 0 Å². The topological polar surface area (TPSA) is 15.3 Å². The summed E-state index contributed by atoms with van der Waals surface area (Å²) in [5, 5.41) is 3.35. The second-order valence-electron chi connectivity index (χ2n) is 6.04. The lowest BCUT2D eigenvalue weighted by molar-refractivity contribution is 0.234. The second-order valence-corrected chi connectivity index (χ2v) is 6.04. The molecule has 1 N–H and O–H groups in total. The van der Waals surface area contributed by atoms with E-state index in [1.807, 2.05) is 0 Å². The Balaban J connectivity index is 2.26. The van der Waals surface area contributed by atoms with E-state index >= 15 is 0 Å². The van der Waals surface area contributed by atoms with Gasteiger partial charge in [-0.25, -0.2) is 0 Å². The van der Waals surface area contributed by atoms with Gasteiger partial charge in [0.05, 0.1) is 0 Å². The molecule has 0 radical (unpaired) electrons. The molecule has 2 rings (SSSR count). The lowest BCUT2D eigenvalue weighted by Crippen LogP contribution is -2.55. The summed E-state index contributed by atoms with van der Waals surface area (Å²) < 4.78 is 0. The maximum absolute atomic E-state index is 3.35. The fraction of sp³-hybridized carbons (Fsp3) is 0.625. The van der Waals surface area contributed by atoms with E-state index in [9.17, 15) is 0 Å². The molecule has 1 aromatic rings. The van der Waals surface area contributed by atoms with Crippen molar-refractivity contribution in [2.24, 2.45) is 5.92 Å². The van der Waals surface area contributed by atoms with Crippen LogP contribution < -0.4 is 10.2 Å². The van der Waals surface area contributed by atoms with E-state index in [4.69, 9.17) is 0 Å². The highest BCUT2D eigenvalue weighted by atomic mass is 15.2. The predicted molar refractivity (Wildman–Crippen MR) is 79.3 cm³/mol. The maximum atomic E-state index is 3.35. The molecule has 100 valence electrons. The number of hydrogen-bond donors (Lipinski definition) is 1. The number of nitrogens with zero attached hydrogens (tertiary/aromatic N) is 1. The van der Waals surface area contributed by atoms with Crippen LogP contribution in [0.2, 0.25) is 0 Å². The van der Waals surface area contributed by atoms with Crippen molar-refractivity contribution in [2.45, 2.75) is 39.2 Å². The SMILES string of the molecule is CNCC1CCCN(c2cccc(C)c2)C1(C)C. The molecule has 1 unspecified atom stereocenters. The number of piperidine rings is 1. The minimum atomic E-state index is 0.231. The molecule has 1 aliphatic heterocycles. The average Bonchev–Trinajstić information content (AvgIpc) is 2.31. The summed E-state index contributed by atoms with van der Waals surface area (Å²) in [4.78, 5) is 2.59. The van der Waals surface area contributed by atoms with Crippen LogP contribution in [0.25, 0.3) is 0 Å². The lowest BCUT2D eigenvalue weighted by Gasteiger charge is -2.49. The smallest absolute Gasteiger partial charge is 0.0386 e. The van der Waals surface area contributed by atoms with Gasteiger partial charge in [-0.2, -0.15) is 0 Å². The molecule has 2 heteroatoms. The van der Waals surface area contributed by atoms with E-state index in [2.05, 4.69) is 62.3 Å². The van der Waals surface area contributed by atoms with Gasteiger partial charge in [-0.3, -0.25) is 0 Å². The molecule has 0 amide bonds. The second kappa shape index (κ2) is 5.31. The van der Waals surface area contributed by atoms with Crippen molar-refractivity contribution in [1.82, 2.24) is 5.32 Å². The molecule has 1 saturated heterocycles. The van der Waals surface area contributed by atoms with Gasteiger partial charge in [-0.1, -0.05) is 12.1 Å². The Morgan fingerprint density at radius 3 is 2.83 bits per heavy atom. The molecule has 1 heterocycles. The standard InChI is InChI=1S/C16H26N2/c1-13-7-5-9-15(11-13)18-10-6-8-14(12-17-4)16(18,2)3/h5,7,9,11,14,17H,6,8,10,12H2,1-4H3. The van der Waals surface area contributed by atoms with Crippen molar-refractivity contribution < 1.29 is 0 Å². The highest BCUT2D eigenvalue weighted by Gasteiger charge is 2.37. The third kappa shape index (κ3) is 2.54. The van der Waals surface area contributed by atoms with Crippen LogP contribution in [0.3, 0.4) is 0 Å². The van der Waals surface area contributed by atoms with E-state index < -0.39 is 0 Å². The molecule has 0 spiro atoms. The molecular weight excluding hydrogens is 220 g/mol. The van der Waals surface area contributed by atoms with Gasteiger partial charge in [0.2, 0.25) is 0 Å². The number of rotatable bonds is 3. The van der Waals surface area contributed by atoms with Crippen molar-refractivity contribution in [2.75, 3.05) is 25.0 Å². The van der Waals surface area contributed by atoms with Gasteiger partial charge in [0.25, 0.3) is 0 Å². The average molecular weight is 246 g/mol. The van der Waals surface area contributed by atoms with Crippen LogP contribution in [-0.2, 0) is 0 Å². The Labute approximate surface area is 111 Å². The first-order chi connectivity index (χ1) is 8.55. The number of nitrogens with one attached hydrogen (secondary N) is 1. The van der Waals surface area contributed by atoms with Crippen LogP contribution in [0.15, 0.2) is 24.3 Å². The number of aryl methyl sites for hydroxylation is 1. The van der Waals surface area contributed by atoms with Gasteiger partial charge >= 0.3 is 0 Å². The van der Waals surface area contributed by atoms with Crippen LogP contribution in [0.1, 0.15) is 32.3 Å². The lowest BCUT2D eigenvalue weighted by atomic mass is 9.78. The van der Waals surface area contributed by atoms with Crippen molar-refractivity contribution in [3.63, 3.8) is 0 Å². The molecule has 0 aromatic heterocycles. The first-order valence-corrected chi connectivity index (χ1v) is 7.04. The van der Waals surface area contributed by atoms with E-state index in [0.717, 1.165) is 12.5 Å². The van der Waals surface area contributed by atoms with Crippen molar-refractivity contribution in [1.29, 1.82) is 0 Å². The molecule has 18 heavy (non-hydrogen) atoms. The summed E-state index contributed by atoms with van der Waals surface area (Å²) in [6.07, 6.45) is 2.62. The quantitative estimate of drug-likeness (QED) is 0.881. The van der Waals surface area contributed by atoms with Crippen molar-refractivity contribution in [3.05, 3.63) is 29.8 Å². The van der Waals surface area contributed by atoms with Gasteiger partial charge in [-0.05, 0) is 70.8 Å². The molecule has 1 aliphatic rings. The molecule has 0 bridgehead atoms. The van der Waals surface area contributed by atoms with Gasteiger partial charge < -0.3 is 10.2 Å². The molecule has 0 saturated carbocycles. The molecule has 1 atom stereocenters. The number of hydrogen-bond acceptors (Lipinski definition) is 2. The zero-order valence-corrected chi connectivity index (χ0v) is 12.2. The Morgan fingerprint density at radius 2 is 2.17 bits per heavy atom. The first kappa shape index (κ1) is 13.4. The van der Waals surface area contributed by atoms with Crippen LogP contribution in [0.5, 0.6) is 0 Å². The monoisotopic (exact) mass is 246 g/mol. The molecule has 0 aliphatic carbocycles. The zero-order valence-electron chi connectivity index (χ0n) is 12.2. The third-order valence-corrected chi connectivity index (χ3v) is 4.39. The van der Waals surface area contributed by atoms with E-state index in [1.54, 1.807) is 0 Å². The predicted octanol–water partition coefficient (Wildman–Crippen LogP) is 3.21. The van der Waals surface area contributed by atoms with Crippen LogP contribution >= 0.6 is 0 Å². The van der Waals surface area contributed by atoms with Crippen molar-refractivity contribution >= 4 is 5.69 Å². The van der Waals surface area contributed by atoms with E-state index in [0.29, 0.717) is 0 Å². The highest BCUT2D eigenvalue weighted by Crippen LogP contribution is 2.36. The number of anilines is 1. The summed E-state index contributed by atoms with van der Waals surface area (Å²) in [6.45, 7) is 9.23. The fourth-order valence-corrected chi connectivity index (χ4v) is 3.21. The maximum Gasteiger partial charge on any atom is 0.0386 e. The zero-order chi connectivity index (χ0) is 13.2. The summed E-state index contributed by atoms with van der Waals surface area (Å²) >= 11 is 0. The van der Waals surface area contributed by atoms with Crippen LogP contribution in [0, 0.1) is 12.8 Å². The van der Waals surface area contributed by atoms with Crippen LogP contribution in [0.4, 0.5) is 5.69 Å².